The first-order valence-electron chi connectivity index (χ1n) is 9.66. The molecule has 6 heteroatoms. The Morgan fingerprint density at radius 2 is 1.93 bits per heavy atom. The van der Waals surface area contributed by atoms with Gasteiger partial charge in [-0.1, -0.05) is 49.7 Å². The molecule has 5 nitrogen and oxygen atoms in total. The van der Waals surface area contributed by atoms with Crippen LogP contribution in [-0.4, -0.2) is 34.3 Å². The first-order chi connectivity index (χ1) is 12.9. The standard InChI is InChI=1S/C21H29BrN4O/c1-13(2)18-10-20(25-21(23-18)24-19(12-27)14(3)4)26-8-7-15-5-6-17(22)9-16(15)11-26/h5-6,9-10,13-14,19,27H,7-8,11-12H2,1-4H3,(H,23,24,25)/t19-/m0/s1. The van der Waals surface area contributed by atoms with Crippen molar-refractivity contribution in [3.05, 3.63) is 45.6 Å². The fourth-order valence-corrected chi connectivity index (χ4v) is 3.69. The molecule has 0 fully saturated rings. The van der Waals surface area contributed by atoms with Crippen LogP contribution in [0.1, 0.15) is 50.4 Å². The molecule has 0 aliphatic carbocycles. The number of fused-ring (bicyclic) bond motifs is 1. The van der Waals surface area contributed by atoms with Crippen LogP contribution in [0.4, 0.5) is 11.8 Å². The van der Waals surface area contributed by atoms with Crippen LogP contribution in [0.25, 0.3) is 0 Å². The van der Waals surface area contributed by atoms with Gasteiger partial charge in [0, 0.05) is 23.6 Å². The van der Waals surface area contributed by atoms with Crippen molar-refractivity contribution in [2.24, 2.45) is 5.92 Å². The summed E-state index contributed by atoms with van der Waals surface area (Å²) in [6.45, 7) is 10.3. The summed E-state index contributed by atoms with van der Waals surface area (Å²) in [5, 5.41) is 13.0. The Kier molecular flexibility index (Phi) is 6.37. The van der Waals surface area contributed by atoms with Crippen LogP contribution in [0.5, 0.6) is 0 Å². The fourth-order valence-electron chi connectivity index (χ4n) is 3.29. The highest BCUT2D eigenvalue weighted by Crippen LogP contribution is 2.28. The van der Waals surface area contributed by atoms with E-state index in [1.54, 1.807) is 0 Å². The lowest BCUT2D eigenvalue weighted by molar-refractivity contribution is 0.248. The molecule has 1 aliphatic rings. The summed E-state index contributed by atoms with van der Waals surface area (Å²) in [5.41, 5.74) is 3.76. The monoisotopic (exact) mass is 432 g/mol. The number of nitrogens with zero attached hydrogens (tertiary/aromatic N) is 3. The molecule has 0 saturated heterocycles. The maximum absolute atomic E-state index is 9.66. The molecular formula is C21H29BrN4O. The number of nitrogens with one attached hydrogen (secondary N) is 1. The van der Waals surface area contributed by atoms with Crippen molar-refractivity contribution in [2.45, 2.75) is 52.6 Å². The summed E-state index contributed by atoms with van der Waals surface area (Å²) in [7, 11) is 0. The topological polar surface area (TPSA) is 61.3 Å². The number of hydrogen-bond acceptors (Lipinski definition) is 5. The number of halogens is 1. The Balaban J connectivity index is 1.90. The SMILES string of the molecule is CC(C)c1cc(N2CCc3ccc(Br)cc3C2)nc(N[C@@H](CO)C(C)C)n1. The summed E-state index contributed by atoms with van der Waals surface area (Å²) in [6.07, 6.45) is 1.01. The third kappa shape index (κ3) is 4.79. The quantitative estimate of drug-likeness (QED) is 0.709. The van der Waals surface area contributed by atoms with Gasteiger partial charge in [-0.3, -0.25) is 0 Å². The zero-order chi connectivity index (χ0) is 19.6. The molecule has 0 amide bonds. The van der Waals surface area contributed by atoms with Crippen LogP contribution in [0.2, 0.25) is 0 Å². The van der Waals surface area contributed by atoms with E-state index >= 15 is 0 Å². The van der Waals surface area contributed by atoms with Crippen LogP contribution >= 0.6 is 15.9 Å². The van der Waals surface area contributed by atoms with E-state index in [4.69, 9.17) is 4.98 Å². The summed E-state index contributed by atoms with van der Waals surface area (Å²) < 4.78 is 1.11. The Morgan fingerprint density at radius 3 is 2.59 bits per heavy atom. The van der Waals surface area contributed by atoms with E-state index < -0.39 is 0 Å². The van der Waals surface area contributed by atoms with Gasteiger partial charge in [-0.2, -0.15) is 4.98 Å². The van der Waals surface area contributed by atoms with Crippen LogP contribution in [0.3, 0.4) is 0 Å². The normalized spacial score (nSPS) is 15.2. The summed E-state index contributed by atoms with van der Waals surface area (Å²) in [6, 6.07) is 8.56. The maximum Gasteiger partial charge on any atom is 0.225 e. The molecule has 0 unspecified atom stereocenters. The van der Waals surface area contributed by atoms with Gasteiger partial charge in [0.1, 0.15) is 5.82 Å². The molecule has 0 radical (unpaired) electrons. The van der Waals surface area contributed by atoms with Gasteiger partial charge in [0.05, 0.1) is 18.3 Å². The first-order valence-corrected chi connectivity index (χ1v) is 10.4. The second-order valence-corrected chi connectivity index (χ2v) is 8.81. The van der Waals surface area contributed by atoms with Crippen molar-refractivity contribution in [3.8, 4) is 0 Å². The zero-order valence-electron chi connectivity index (χ0n) is 16.5. The number of benzene rings is 1. The van der Waals surface area contributed by atoms with Gasteiger partial charge < -0.3 is 15.3 Å². The van der Waals surface area contributed by atoms with E-state index in [0.29, 0.717) is 17.8 Å². The van der Waals surface area contributed by atoms with E-state index in [0.717, 1.165) is 35.5 Å². The van der Waals surface area contributed by atoms with Crippen molar-refractivity contribution in [2.75, 3.05) is 23.4 Å². The molecule has 0 saturated carbocycles. The zero-order valence-corrected chi connectivity index (χ0v) is 18.1. The second-order valence-electron chi connectivity index (χ2n) is 7.89. The van der Waals surface area contributed by atoms with Gasteiger partial charge in [0.25, 0.3) is 0 Å². The minimum Gasteiger partial charge on any atom is -0.394 e. The molecule has 0 bridgehead atoms. The predicted octanol–water partition coefficient (Wildman–Crippen LogP) is 4.35. The highest BCUT2D eigenvalue weighted by Gasteiger charge is 2.21. The van der Waals surface area contributed by atoms with E-state index in [9.17, 15) is 5.11 Å². The first kappa shape index (κ1) is 20.1. The highest BCUT2D eigenvalue weighted by atomic mass is 79.9. The molecule has 1 atom stereocenters. The molecule has 27 heavy (non-hydrogen) atoms. The van der Waals surface area contributed by atoms with Gasteiger partial charge in [-0.25, -0.2) is 4.98 Å². The van der Waals surface area contributed by atoms with Crippen molar-refractivity contribution in [1.29, 1.82) is 0 Å². The molecular weight excluding hydrogens is 404 g/mol. The summed E-state index contributed by atoms with van der Waals surface area (Å²) in [5.74, 6) is 2.15. The second kappa shape index (κ2) is 8.57. The average Bonchev–Trinajstić information content (AvgIpc) is 2.64. The Bertz CT molecular complexity index is 794. The van der Waals surface area contributed by atoms with Gasteiger partial charge in [0.2, 0.25) is 5.95 Å². The van der Waals surface area contributed by atoms with E-state index in [1.165, 1.54) is 11.1 Å². The smallest absolute Gasteiger partial charge is 0.225 e. The van der Waals surface area contributed by atoms with Crippen molar-refractivity contribution in [1.82, 2.24) is 9.97 Å². The predicted molar refractivity (Wildman–Crippen MR) is 114 cm³/mol. The van der Waals surface area contributed by atoms with Gasteiger partial charge in [-0.05, 0) is 41.5 Å². The molecule has 0 spiro atoms. The lowest BCUT2D eigenvalue weighted by Crippen LogP contribution is -2.33. The van der Waals surface area contributed by atoms with E-state index in [-0.39, 0.29) is 12.6 Å². The molecule has 2 aromatic rings. The lowest BCUT2D eigenvalue weighted by atomic mass is 10.00. The molecule has 2 heterocycles. The van der Waals surface area contributed by atoms with Crippen molar-refractivity contribution >= 4 is 27.7 Å². The Morgan fingerprint density at radius 1 is 1.15 bits per heavy atom. The third-order valence-corrected chi connectivity index (χ3v) is 5.64. The largest absolute Gasteiger partial charge is 0.394 e. The van der Waals surface area contributed by atoms with E-state index in [1.807, 2.05) is 0 Å². The number of anilines is 2. The molecule has 3 rings (SSSR count). The number of rotatable bonds is 6. The van der Waals surface area contributed by atoms with Gasteiger partial charge in [0.15, 0.2) is 0 Å². The van der Waals surface area contributed by atoms with Crippen LogP contribution in [0.15, 0.2) is 28.7 Å². The Labute approximate surface area is 170 Å². The highest BCUT2D eigenvalue weighted by molar-refractivity contribution is 9.10. The van der Waals surface area contributed by atoms with Crippen LogP contribution in [0, 0.1) is 5.92 Å². The number of hydrogen-bond donors (Lipinski definition) is 2. The van der Waals surface area contributed by atoms with Crippen LogP contribution < -0.4 is 10.2 Å². The number of aliphatic hydroxyl groups excluding tert-OH is 1. The molecule has 1 aromatic carbocycles. The fraction of sp³-hybridized carbons (Fsp3) is 0.524. The maximum atomic E-state index is 9.66. The molecule has 1 aromatic heterocycles. The van der Waals surface area contributed by atoms with Gasteiger partial charge in [-0.15, -0.1) is 0 Å². The van der Waals surface area contributed by atoms with Gasteiger partial charge >= 0.3 is 0 Å². The minimum atomic E-state index is -0.0571. The minimum absolute atomic E-state index is 0.0571. The van der Waals surface area contributed by atoms with E-state index in [2.05, 4.69) is 83.1 Å². The van der Waals surface area contributed by atoms with Crippen molar-refractivity contribution < 1.29 is 5.11 Å². The molecule has 1 aliphatic heterocycles. The lowest BCUT2D eigenvalue weighted by Gasteiger charge is -2.31. The third-order valence-electron chi connectivity index (χ3n) is 5.14. The number of aliphatic hydroxyl groups is 1. The van der Waals surface area contributed by atoms with Crippen LogP contribution in [-0.2, 0) is 13.0 Å². The summed E-state index contributed by atoms with van der Waals surface area (Å²) >= 11 is 3.58. The summed E-state index contributed by atoms with van der Waals surface area (Å²) in [4.78, 5) is 11.8. The van der Waals surface area contributed by atoms with Crippen molar-refractivity contribution in [3.63, 3.8) is 0 Å². The average molecular weight is 433 g/mol. The molecule has 2 N–H and O–H groups in total. The number of aromatic nitrogens is 2. The Hall–Kier alpha value is -1.66. The molecule has 146 valence electrons.